The lowest BCUT2D eigenvalue weighted by atomic mass is 10.2. The second-order valence-corrected chi connectivity index (χ2v) is 2.12. The fraction of sp³-hybridized carbons (Fsp3) is 0.250. The lowest BCUT2D eigenvalue weighted by Crippen LogP contribution is -1.94. The van der Waals surface area contributed by atoms with Crippen LogP contribution in [0.4, 0.5) is 0 Å². The normalized spacial score (nSPS) is 9.09. The number of aromatic nitrogens is 1. The predicted molar refractivity (Wildman–Crippen MR) is 39.7 cm³/mol. The minimum Gasteiger partial charge on any atom is -0.396 e. The third-order valence-corrected chi connectivity index (χ3v) is 1.31. The first-order valence-electron chi connectivity index (χ1n) is 3.32. The number of nitriles is 1. The van der Waals surface area contributed by atoms with E-state index in [1.54, 1.807) is 18.3 Å². The molecule has 0 aliphatic rings. The molecule has 0 spiro atoms. The SMILES string of the molecule is N#Cc1ccnc(CCO)c1. The zero-order chi connectivity index (χ0) is 8.10. The molecule has 0 aliphatic heterocycles. The summed E-state index contributed by atoms with van der Waals surface area (Å²) in [6.07, 6.45) is 2.08. The summed E-state index contributed by atoms with van der Waals surface area (Å²) < 4.78 is 0. The Labute approximate surface area is 64.9 Å². The summed E-state index contributed by atoms with van der Waals surface area (Å²) in [6.45, 7) is 0.0713. The number of pyridine rings is 1. The fourth-order valence-electron chi connectivity index (χ4n) is 0.799. The number of hydrogen-bond donors (Lipinski definition) is 1. The third kappa shape index (κ3) is 2.03. The van der Waals surface area contributed by atoms with E-state index in [9.17, 15) is 0 Å². The van der Waals surface area contributed by atoms with Gasteiger partial charge < -0.3 is 5.11 Å². The van der Waals surface area contributed by atoms with Gasteiger partial charge in [-0.3, -0.25) is 4.98 Å². The lowest BCUT2D eigenvalue weighted by molar-refractivity contribution is 0.298. The topological polar surface area (TPSA) is 56.9 Å². The van der Waals surface area contributed by atoms with Crippen molar-refractivity contribution in [2.24, 2.45) is 0 Å². The van der Waals surface area contributed by atoms with Gasteiger partial charge in [0, 0.05) is 24.9 Å². The first-order chi connectivity index (χ1) is 5.36. The lowest BCUT2D eigenvalue weighted by Gasteiger charge is -1.95. The van der Waals surface area contributed by atoms with Crippen LogP contribution in [0, 0.1) is 11.3 Å². The van der Waals surface area contributed by atoms with E-state index in [2.05, 4.69) is 4.98 Å². The summed E-state index contributed by atoms with van der Waals surface area (Å²) in [6, 6.07) is 5.32. The third-order valence-electron chi connectivity index (χ3n) is 1.31. The molecule has 0 radical (unpaired) electrons. The molecule has 0 amide bonds. The van der Waals surface area contributed by atoms with Crippen molar-refractivity contribution in [3.05, 3.63) is 29.6 Å². The van der Waals surface area contributed by atoms with Crippen LogP contribution < -0.4 is 0 Å². The summed E-state index contributed by atoms with van der Waals surface area (Å²) in [5.74, 6) is 0. The Morgan fingerprint density at radius 1 is 1.64 bits per heavy atom. The molecule has 0 bridgehead atoms. The highest BCUT2D eigenvalue weighted by atomic mass is 16.3. The molecule has 1 aromatic heterocycles. The Morgan fingerprint density at radius 3 is 3.09 bits per heavy atom. The van der Waals surface area contributed by atoms with Crippen LogP contribution in [0.1, 0.15) is 11.3 Å². The molecule has 11 heavy (non-hydrogen) atoms. The summed E-state index contributed by atoms with van der Waals surface area (Å²) in [4.78, 5) is 3.97. The van der Waals surface area contributed by atoms with Gasteiger partial charge in [-0.2, -0.15) is 5.26 Å². The smallest absolute Gasteiger partial charge is 0.0992 e. The van der Waals surface area contributed by atoms with Crippen LogP contribution >= 0.6 is 0 Å². The van der Waals surface area contributed by atoms with Gasteiger partial charge in [0.05, 0.1) is 11.6 Å². The standard InChI is InChI=1S/C8H8N2O/c9-6-7-1-3-10-8(5-7)2-4-11/h1,3,5,11H,2,4H2. The highest BCUT2D eigenvalue weighted by Gasteiger charge is 1.94. The molecule has 56 valence electrons. The number of aliphatic hydroxyl groups excluding tert-OH is 1. The van der Waals surface area contributed by atoms with Gasteiger partial charge >= 0.3 is 0 Å². The van der Waals surface area contributed by atoms with Crippen LogP contribution in [0.25, 0.3) is 0 Å². The average molecular weight is 148 g/mol. The maximum Gasteiger partial charge on any atom is 0.0992 e. The van der Waals surface area contributed by atoms with Gasteiger partial charge in [-0.25, -0.2) is 0 Å². The molecule has 1 aromatic rings. The Bertz CT molecular complexity index is 278. The largest absolute Gasteiger partial charge is 0.396 e. The van der Waals surface area contributed by atoms with Crippen LogP contribution in [0.15, 0.2) is 18.3 Å². The van der Waals surface area contributed by atoms with Crippen LogP contribution in [0.3, 0.4) is 0 Å². The number of nitrogens with zero attached hydrogens (tertiary/aromatic N) is 2. The first-order valence-corrected chi connectivity index (χ1v) is 3.32. The summed E-state index contributed by atoms with van der Waals surface area (Å²) in [5, 5.41) is 17.1. The molecule has 0 saturated carbocycles. The van der Waals surface area contributed by atoms with Gasteiger partial charge in [-0.1, -0.05) is 0 Å². The van der Waals surface area contributed by atoms with Gasteiger partial charge in [-0.05, 0) is 12.1 Å². The average Bonchev–Trinajstić information content (AvgIpc) is 2.06. The van der Waals surface area contributed by atoms with E-state index in [0.717, 1.165) is 5.69 Å². The van der Waals surface area contributed by atoms with Gasteiger partial charge in [0.2, 0.25) is 0 Å². The molecule has 0 aliphatic carbocycles. The molecular weight excluding hydrogens is 140 g/mol. The van der Waals surface area contributed by atoms with Crippen molar-refractivity contribution in [2.45, 2.75) is 6.42 Å². The monoisotopic (exact) mass is 148 g/mol. The molecule has 3 heteroatoms. The molecule has 0 unspecified atom stereocenters. The Hall–Kier alpha value is -1.40. The van der Waals surface area contributed by atoms with Crippen molar-refractivity contribution >= 4 is 0 Å². The number of hydrogen-bond acceptors (Lipinski definition) is 3. The molecule has 0 aromatic carbocycles. The molecule has 0 atom stereocenters. The van der Waals surface area contributed by atoms with Crippen LogP contribution in [-0.2, 0) is 6.42 Å². The van der Waals surface area contributed by atoms with E-state index in [-0.39, 0.29) is 6.61 Å². The minimum absolute atomic E-state index is 0.0713. The molecule has 1 rings (SSSR count). The van der Waals surface area contributed by atoms with E-state index < -0.39 is 0 Å². The molecule has 3 nitrogen and oxygen atoms in total. The van der Waals surface area contributed by atoms with Crippen molar-refractivity contribution in [3.8, 4) is 6.07 Å². The summed E-state index contributed by atoms with van der Waals surface area (Å²) in [5.41, 5.74) is 1.34. The summed E-state index contributed by atoms with van der Waals surface area (Å²) >= 11 is 0. The van der Waals surface area contributed by atoms with Gasteiger partial charge in [0.15, 0.2) is 0 Å². The Kier molecular flexibility index (Phi) is 2.59. The molecule has 1 heterocycles. The quantitative estimate of drug-likeness (QED) is 0.664. The fourth-order valence-corrected chi connectivity index (χ4v) is 0.799. The first kappa shape index (κ1) is 7.70. The zero-order valence-corrected chi connectivity index (χ0v) is 5.99. The van der Waals surface area contributed by atoms with Crippen molar-refractivity contribution in [1.29, 1.82) is 5.26 Å². The molecule has 0 fully saturated rings. The molecule has 1 N–H and O–H groups in total. The molecule has 0 saturated heterocycles. The maximum absolute atomic E-state index is 8.56. The van der Waals surface area contributed by atoms with E-state index in [0.29, 0.717) is 12.0 Å². The van der Waals surface area contributed by atoms with E-state index in [1.165, 1.54) is 0 Å². The van der Waals surface area contributed by atoms with E-state index in [1.807, 2.05) is 6.07 Å². The second-order valence-electron chi connectivity index (χ2n) is 2.12. The van der Waals surface area contributed by atoms with Crippen molar-refractivity contribution < 1.29 is 5.11 Å². The van der Waals surface area contributed by atoms with Crippen LogP contribution in [0.5, 0.6) is 0 Å². The highest BCUT2D eigenvalue weighted by Crippen LogP contribution is 1.99. The minimum atomic E-state index is 0.0713. The van der Waals surface area contributed by atoms with Gasteiger partial charge in [-0.15, -0.1) is 0 Å². The predicted octanol–water partition coefficient (Wildman–Crippen LogP) is 0.488. The Morgan fingerprint density at radius 2 is 2.45 bits per heavy atom. The van der Waals surface area contributed by atoms with Crippen molar-refractivity contribution in [1.82, 2.24) is 4.98 Å². The number of aliphatic hydroxyl groups is 1. The number of rotatable bonds is 2. The highest BCUT2D eigenvalue weighted by molar-refractivity contribution is 5.28. The van der Waals surface area contributed by atoms with Gasteiger partial charge in [0.1, 0.15) is 0 Å². The van der Waals surface area contributed by atoms with Crippen molar-refractivity contribution in [2.75, 3.05) is 6.61 Å². The Balaban J connectivity index is 2.85. The van der Waals surface area contributed by atoms with E-state index in [4.69, 9.17) is 10.4 Å². The molecular formula is C8H8N2O. The van der Waals surface area contributed by atoms with Crippen molar-refractivity contribution in [3.63, 3.8) is 0 Å². The second kappa shape index (κ2) is 3.69. The van der Waals surface area contributed by atoms with Crippen LogP contribution in [-0.4, -0.2) is 16.7 Å². The zero-order valence-electron chi connectivity index (χ0n) is 5.99. The van der Waals surface area contributed by atoms with Gasteiger partial charge in [0.25, 0.3) is 0 Å². The maximum atomic E-state index is 8.56. The van der Waals surface area contributed by atoms with E-state index >= 15 is 0 Å². The summed E-state index contributed by atoms with van der Waals surface area (Å²) in [7, 11) is 0. The van der Waals surface area contributed by atoms with Crippen LogP contribution in [0.2, 0.25) is 0 Å².